The fourth-order valence-electron chi connectivity index (χ4n) is 1.94. The maximum atomic E-state index is 3.44. The molecule has 1 aliphatic rings. The standard InChI is InChI=1S/C13H11N.2H2O/c1-3-7-12-10(5-1)9-11-6-2-4-8-13(11)14-12;;/h1-8,14H,9H2;2*1H2. The van der Waals surface area contributed by atoms with Crippen molar-refractivity contribution in [3.8, 4) is 0 Å². The minimum Gasteiger partial charge on any atom is -0.412 e. The van der Waals surface area contributed by atoms with E-state index in [2.05, 4.69) is 53.8 Å². The molecule has 0 unspecified atom stereocenters. The second kappa shape index (κ2) is 4.79. The molecule has 1 aliphatic heterocycles. The van der Waals surface area contributed by atoms with Crippen LogP contribution in [0.1, 0.15) is 11.1 Å². The molecule has 0 saturated carbocycles. The molecule has 84 valence electrons. The first-order chi connectivity index (χ1) is 6.93. The van der Waals surface area contributed by atoms with Crippen LogP contribution >= 0.6 is 0 Å². The van der Waals surface area contributed by atoms with Crippen LogP contribution < -0.4 is 5.32 Å². The van der Waals surface area contributed by atoms with Gasteiger partial charge in [0.1, 0.15) is 0 Å². The Balaban J connectivity index is 0.000000640. The van der Waals surface area contributed by atoms with E-state index in [-0.39, 0.29) is 11.0 Å². The molecular formula is C13H15NO2. The number of benzene rings is 2. The van der Waals surface area contributed by atoms with Crippen molar-refractivity contribution in [1.82, 2.24) is 0 Å². The van der Waals surface area contributed by atoms with Gasteiger partial charge in [0.05, 0.1) is 0 Å². The van der Waals surface area contributed by atoms with E-state index in [1.54, 1.807) is 0 Å². The summed E-state index contributed by atoms with van der Waals surface area (Å²) in [5.74, 6) is 0. The average Bonchev–Trinajstić information content (AvgIpc) is 2.26. The minimum absolute atomic E-state index is 0. The molecular weight excluding hydrogens is 202 g/mol. The van der Waals surface area contributed by atoms with Gasteiger partial charge in [0.2, 0.25) is 0 Å². The maximum Gasteiger partial charge on any atom is 0.0420 e. The highest BCUT2D eigenvalue weighted by Crippen LogP contribution is 2.31. The number of nitrogens with one attached hydrogen (secondary N) is 1. The first kappa shape index (κ1) is 12.2. The third kappa shape index (κ3) is 1.91. The van der Waals surface area contributed by atoms with Crippen molar-refractivity contribution < 1.29 is 11.0 Å². The van der Waals surface area contributed by atoms with E-state index in [0.29, 0.717) is 0 Å². The molecule has 3 rings (SSSR count). The van der Waals surface area contributed by atoms with Gasteiger partial charge in [0, 0.05) is 17.8 Å². The second-order valence-electron chi connectivity index (χ2n) is 3.62. The SMILES string of the molecule is O.O.c1ccc2c(c1)Cc1ccccc1N2. The van der Waals surface area contributed by atoms with Crippen LogP contribution in [-0.2, 0) is 6.42 Å². The van der Waals surface area contributed by atoms with Crippen LogP contribution in [0.15, 0.2) is 48.5 Å². The minimum atomic E-state index is 0. The van der Waals surface area contributed by atoms with E-state index in [1.807, 2.05) is 0 Å². The van der Waals surface area contributed by atoms with Gasteiger partial charge in [-0.1, -0.05) is 36.4 Å². The van der Waals surface area contributed by atoms with Crippen LogP contribution in [0, 0.1) is 0 Å². The van der Waals surface area contributed by atoms with Gasteiger partial charge in [0.25, 0.3) is 0 Å². The lowest BCUT2D eigenvalue weighted by molar-refractivity contribution is 0.823. The first-order valence-electron chi connectivity index (χ1n) is 4.86. The molecule has 3 nitrogen and oxygen atoms in total. The molecule has 0 bridgehead atoms. The third-order valence-corrected chi connectivity index (χ3v) is 2.68. The van der Waals surface area contributed by atoms with E-state index in [4.69, 9.17) is 0 Å². The van der Waals surface area contributed by atoms with Crippen molar-refractivity contribution in [2.75, 3.05) is 5.32 Å². The Morgan fingerprint density at radius 3 is 1.62 bits per heavy atom. The molecule has 0 amide bonds. The van der Waals surface area contributed by atoms with Gasteiger partial charge in [-0.25, -0.2) is 0 Å². The number of para-hydroxylation sites is 2. The van der Waals surface area contributed by atoms with Crippen molar-refractivity contribution in [2.24, 2.45) is 0 Å². The lowest BCUT2D eigenvalue weighted by Crippen LogP contribution is -2.05. The van der Waals surface area contributed by atoms with Gasteiger partial charge >= 0.3 is 0 Å². The molecule has 0 spiro atoms. The van der Waals surface area contributed by atoms with Crippen LogP contribution in [-0.4, -0.2) is 11.0 Å². The topological polar surface area (TPSA) is 75.0 Å². The first-order valence-corrected chi connectivity index (χ1v) is 4.86. The Morgan fingerprint density at radius 2 is 1.12 bits per heavy atom. The Morgan fingerprint density at radius 1 is 0.688 bits per heavy atom. The fraction of sp³-hybridized carbons (Fsp3) is 0.0769. The molecule has 16 heavy (non-hydrogen) atoms. The number of hydrogen-bond donors (Lipinski definition) is 1. The Kier molecular flexibility index (Phi) is 3.66. The van der Waals surface area contributed by atoms with Crippen LogP contribution in [0.4, 0.5) is 11.4 Å². The van der Waals surface area contributed by atoms with E-state index < -0.39 is 0 Å². The molecule has 0 atom stereocenters. The van der Waals surface area contributed by atoms with Gasteiger partial charge in [-0.15, -0.1) is 0 Å². The smallest absolute Gasteiger partial charge is 0.0420 e. The molecule has 2 aromatic carbocycles. The Bertz CT molecular complexity index is 395. The molecule has 5 N–H and O–H groups in total. The average molecular weight is 217 g/mol. The molecule has 0 aromatic heterocycles. The predicted octanol–water partition coefficient (Wildman–Crippen LogP) is 1.68. The molecule has 0 saturated heterocycles. The number of rotatable bonds is 0. The van der Waals surface area contributed by atoms with Crippen molar-refractivity contribution in [3.05, 3.63) is 59.7 Å². The number of fused-ring (bicyclic) bond motifs is 2. The summed E-state index contributed by atoms with van der Waals surface area (Å²) in [5, 5.41) is 3.44. The van der Waals surface area contributed by atoms with Crippen LogP contribution in [0.2, 0.25) is 0 Å². The number of anilines is 2. The summed E-state index contributed by atoms with van der Waals surface area (Å²) in [7, 11) is 0. The lowest BCUT2D eigenvalue weighted by atomic mass is 9.98. The summed E-state index contributed by atoms with van der Waals surface area (Å²) < 4.78 is 0. The lowest BCUT2D eigenvalue weighted by Gasteiger charge is -2.20. The number of hydrogen-bond acceptors (Lipinski definition) is 1. The monoisotopic (exact) mass is 217 g/mol. The van der Waals surface area contributed by atoms with Crippen molar-refractivity contribution >= 4 is 11.4 Å². The normalized spacial score (nSPS) is 11.0. The van der Waals surface area contributed by atoms with E-state index >= 15 is 0 Å². The molecule has 0 fully saturated rings. The molecule has 3 heteroatoms. The summed E-state index contributed by atoms with van der Waals surface area (Å²) in [6.07, 6.45) is 1.04. The van der Waals surface area contributed by atoms with Crippen LogP contribution in [0.5, 0.6) is 0 Å². The van der Waals surface area contributed by atoms with Gasteiger partial charge in [0.15, 0.2) is 0 Å². The highest BCUT2D eigenvalue weighted by molar-refractivity contribution is 5.71. The van der Waals surface area contributed by atoms with Gasteiger partial charge in [-0.05, 0) is 23.3 Å². The predicted molar refractivity (Wildman–Crippen MR) is 66.2 cm³/mol. The molecule has 0 radical (unpaired) electrons. The van der Waals surface area contributed by atoms with E-state index in [9.17, 15) is 0 Å². The summed E-state index contributed by atoms with van der Waals surface area (Å²) in [6.45, 7) is 0. The molecule has 1 heterocycles. The van der Waals surface area contributed by atoms with Crippen molar-refractivity contribution in [1.29, 1.82) is 0 Å². The van der Waals surface area contributed by atoms with Crippen molar-refractivity contribution in [2.45, 2.75) is 6.42 Å². The third-order valence-electron chi connectivity index (χ3n) is 2.68. The van der Waals surface area contributed by atoms with E-state index in [1.165, 1.54) is 22.5 Å². The van der Waals surface area contributed by atoms with Crippen molar-refractivity contribution in [3.63, 3.8) is 0 Å². The summed E-state index contributed by atoms with van der Waals surface area (Å²) in [6, 6.07) is 16.9. The van der Waals surface area contributed by atoms with Gasteiger partial charge < -0.3 is 16.3 Å². The quantitative estimate of drug-likeness (QED) is 0.611. The zero-order valence-corrected chi connectivity index (χ0v) is 8.83. The zero-order chi connectivity index (χ0) is 9.38. The summed E-state index contributed by atoms with van der Waals surface area (Å²) in [4.78, 5) is 0. The largest absolute Gasteiger partial charge is 0.412 e. The van der Waals surface area contributed by atoms with Crippen LogP contribution in [0.25, 0.3) is 0 Å². The molecule has 2 aromatic rings. The van der Waals surface area contributed by atoms with Gasteiger partial charge in [-0.3, -0.25) is 0 Å². The van der Waals surface area contributed by atoms with Gasteiger partial charge in [-0.2, -0.15) is 0 Å². The highest BCUT2D eigenvalue weighted by atomic mass is 16.0. The fourth-order valence-corrected chi connectivity index (χ4v) is 1.94. The van der Waals surface area contributed by atoms with Crippen LogP contribution in [0.3, 0.4) is 0 Å². The highest BCUT2D eigenvalue weighted by Gasteiger charge is 2.12. The Labute approximate surface area is 94.4 Å². The zero-order valence-electron chi connectivity index (χ0n) is 8.83. The summed E-state index contributed by atoms with van der Waals surface area (Å²) >= 11 is 0. The second-order valence-corrected chi connectivity index (χ2v) is 3.62. The molecule has 0 aliphatic carbocycles. The Hall–Kier alpha value is -1.84. The van der Waals surface area contributed by atoms with E-state index in [0.717, 1.165) is 6.42 Å². The summed E-state index contributed by atoms with van der Waals surface area (Å²) in [5.41, 5.74) is 5.25. The maximum absolute atomic E-state index is 3.44.